The molecule has 0 aromatic rings. The van der Waals surface area contributed by atoms with Gasteiger partial charge in [0, 0.05) is 25.3 Å². The average Bonchev–Trinajstić information content (AvgIpc) is 2.67. The van der Waals surface area contributed by atoms with Gasteiger partial charge in [0.05, 0.1) is 6.42 Å². The Bertz CT molecular complexity index is 442. The summed E-state index contributed by atoms with van der Waals surface area (Å²) >= 11 is 0. The van der Waals surface area contributed by atoms with E-state index in [4.69, 9.17) is 0 Å². The zero-order chi connectivity index (χ0) is 20.3. The Hall–Kier alpha value is -1.12. The van der Waals surface area contributed by atoms with Crippen molar-refractivity contribution in [3.63, 3.8) is 0 Å². The molecule has 1 aliphatic heterocycles. The molecule has 0 radical (unpaired) electrons. The molecule has 0 fully saturated rings. The molecule has 0 bridgehead atoms. The van der Waals surface area contributed by atoms with Gasteiger partial charge in [0.25, 0.3) is 0 Å². The van der Waals surface area contributed by atoms with Crippen molar-refractivity contribution in [2.45, 2.75) is 117 Å². The van der Waals surface area contributed by atoms with E-state index in [9.17, 15) is 4.79 Å². The summed E-state index contributed by atoms with van der Waals surface area (Å²) in [6.07, 6.45) is 24.9. The van der Waals surface area contributed by atoms with Gasteiger partial charge in [-0.25, -0.2) is 0 Å². The van der Waals surface area contributed by atoms with Gasteiger partial charge in [0.15, 0.2) is 0 Å². The zero-order valence-electron chi connectivity index (χ0n) is 18.9. The molecule has 0 saturated heterocycles. The lowest BCUT2D eigenvalue weighted by Crippen LogP contribution is -2.35. The lowest BCUT2D eigenvalue weighted by molar-refractivity contribution is -0.130. The van der Waals surface area contributed by atoms with Gasteiger partial charge in [0.1, 0.15) is 0 Å². The summed E-state index contributed by atoms with van der Waals surface area (Å²) in [4.78, 5) is 18.7. The van der Waals surface area contributed by atoms with Crippen LogP contribution >= 0.6 is 0 Å². The molecule has 1 rings (SSSR count). The summed E-state index contributed by atoms with van der Waals surface area (Å²) in [6.45, 7) is 6.96. The summed E-state index contributed by atoms with van der Waals surface area (Å²) in [6, 6.07) is 0. The Kier molecular flexibility index (Phi) is 16.0. The molecule has 0 saturated carbocycles. The van der Waals surface area contributed by atoms with Gasteiger partial charge in [-0.3, -0.25) is 9.79 Å². The smallest absolute Gasteiger partial charge is 0.228 e. The van der Waals surface area contributed by atoms with Gasteiger partial charge in [-0.15, -0.1) is 0 Å². The van der Waals surface area contributed by atoms with Crippen molar-refractivity contribution in [3.05, 3.63) is 12.2 Å². The first kappa shape index (κ1) is 24.9. The van der Waals surface area contributed by atoms with Crippen molar-refractivity contribution in [1.29, 1.82) is 0 Å². The van der Waals surface area contributed by atoms with Crippen molar-refractivity contribution in [3.8, 4) is 0 Å². The molecule has 0 aromatic heterocycles. The van der Waals surface area contributed by atoms with Crippen LogP contribution in [0.2, 0.25) is 0 Å². The number of amides is 1. The number of hydrogen-bond donors (Lipinski definition) is 0. The molecular weight excluding hydrogens is 344 g/mol. The third-order valence-electron chi connectivity index (χ3n) is 5.67. The van der Waals surface area contributed by atoms with E-state index in [-0.39, 0.29) is 5.91 Å². The molecule has 1 amide bonds. The molecule has 0 atom stereocenters. The topological polar surface area (TPSA) is 32.7 Å². The van der Waals surface area contributed by atoms with Crippen molar-refractivity contribution < 1.29 is 4.79 Å². The van der Waals surface area contributed by atoms with E-state index in [1.807, 2.05) is 6.92 Å². The molecule has 0 spiro atoms. The molecule has 0 N–H and O–H groups in total. The minimum atomic E-state index is 0.272. The fourth-order valence-electron chi connectivity index (χ4n) is 3.83. The summed E-state index contributed by atoms with van der Waals surface area (Å²) < 4.78 is 0. The Balaban J connectivity index is 1.88. The Morgan fingerprint density at radius 1 is 0.857 bits per heavy atom. The highest BCUT2D eigenvalue weighted by atomic mass is 16.2. The second-order valence-electron chi connectivity index (χ2n) is 8.47. The van der Waals surface area contributed by atoms with Gasteiger partial charge in [-0.05, 0) is 45.4 Å². The molecular formula is C25H46N2O. The van der Waals surface area contributed by atoms with Crippen LogP contribution in [0.15, 0.2) is 17.1 Å². The van der Waals surface area contributed by atoms with Crippen LogP contribution in [-0.2, 0) is 4.79 Å². The molecule has 0 aliphatic carbocycles. The first-order chi connectivity index (χ1) is 13.7. The Labute approximate surface area is 175 Å². The second kappa shape index (κ2) is 17.9. The maximum absolute atomic E-state index is 12.2. The summed E-state index contributed by atoms with van der Waals surface area (Å²) in [5.41, 5.74) is 0.996. The Morgan fingerprint density at radius 2 is 1.43 bits per heavy atom. The minimum Gasteiger partial charge on any atom is -0.342 e. The number of carbonyl (C=O) groups is 1. The maximum atomic E-state index is 12.2. The predicted molar refractivity (Wildman–Crippen MR) is 123 cm³/mol. The highest BCUT2D eigenvalue weighted by Crippen LogP contribution is 2.11. The highest BCUT2D eigenvalue weighted by molar-refractivity contribution is 5.99. The first-order valence-electron chi connectivity index (χ1n) is 12.2. The third-order valence-corrected chi connectivity index (χ3v) is 5.67. The number of hydrogen-bond acceptors (Lipinski definition) is 2. The van der Waals surface area contributed by atoms with Crippen LogP contribution in [0.25, 0.3) is 0 Å². The van der Waals surface area contributed by atoms with Crippen molar-refractivity contribution in [2.75, 3.05) is 19.6 Å². The van der Waals surface area contributed by atoms with Crippen LogP contribution in [0.3, 0.4) is 0 Å². The van der Waals surface area contributed by atoms with Crippen molar-refractivity contribution in [1.82, 2.24) is 4.90 Å². The van der Waals surface area contributed by atoms with E-state index in [1.54, 1.807) is 0 Å². The zero-order valence-corrected chi connectivity index (χ0v) is 18.9. The molecule has 1 heterocycles. The Morgan fingerprint density at radius 3 is 2.07 bits per heavy atom. The maximum Gasteiger partial charge on any atom is 0.228 e. The number of nitrogens with zero attached hydrogens (tertiary/aromatic N) is 2. The number of rotatable bonds is 16. The van der Waals surface area contributed by atoms with E-state index >= 15 is 0 Å². The van der Waals surface area contributed by atoms with Gasteiger partial charge >= 0.3 is 0 Å². The van der Waals surface area contributed by atoms with Crippen LogP contribution in [0, 0.1) is 0 Å². The standard InChI is InChI=1S/C25H46N2O/c1-3-4-5-6-7-8-9-10-11-12-13-14-15-16-17-18-21-27-22-19-20-26-24(2)23-25(27)28/h10-11H,3-9,12-23H2,1-2H3. The van der Waals surface area contributed by atoms with Gasteiger partial charge in [-0.1, -0.05) is 76.9 Å². The molecule has 0 unspecified atom stereocenters. The molecule has 28 heavy (non-hydrogen) atoms. The predicted octanol–water partition coefficient (Wildman–Crippen LogP) is 7.11. The number of carbonyl (C=O) groups excluding carboxylic acids is 1. The number of aliphatic imine (C=N–C) groups is 1. The monoisotopic (exact) mass is 390 g/mol. The van der Waals surface area contributed by atoms with E-state index < -0.39 is 0 Å². The average molecular weight is 391 g/mol. The fourth-order valence-corrected chi connectivity index (χ4v) is 3.83. The number of unbranched alkanes of at least 4 members (excludes halogenated alkanes) is 12. The normalized spacial score (nSPS) is 15.7. The largest absolute Gasteiger partial charge is 0.342 e. The van der Waals surface area contributed by atoms with Crippen LogP contribution < -0.4 is 0 Å². The highest BCUT2D eigenvalue weighted by Gasteiger charge is 2.15. The molecule has 0 aromatic carbocycles. The van der Waals surface area contributed by atoms with Gasteiger partial charge < -0.3 is 4.90 Å². The van der Waals surface area contributed by atoms with Crippen molar-refractivity contribution >= 4 is 11.6 Å². The molecule has 3 nitrogen and oxygen atoms in total. The second-order valence-corrected chi connectivity index (χ2v) is 8.47. The van der Waals surface area contributed by atoms with E-state index in [0.29, 0.717) is 6.42 Å². The van der Waals surface area contributed by atoms with Crippen LogP contribution in [0.4, 0.5) is 0 Å². The SMILES string of the molecule is CCCCCCCCC=CCCCCCCCCN1CCCN=C(C)CC1=O. The van der Waals surface area contributed by atoms with E-state index in [2.05, 4.69) is 29.0 Å². The summed E-state index contributed by atoms with van der Waals surface area (Å²) in [7, 11) is 0. The third kappa shape index (κ3) is 14.0. The summed E-state index contributed by atoms with van der Waals surface area (Å²) in [5, 5.41) is 0. The first-order valence-corrected chi connectivity index (χ1v) is 12.2. The minimum absolute atomic E-state index is 0.272. The fraction of sp³-hybridized carbons (Fsp3) is 0.840. The van der Waals surface area contributed by atoms with E-state index in [1.165, 1.54) is 83.5 Å². The van der Waals surface area contributed by atoms with Crippen molar-refractivity contribution in [2.24, 2.45) is 4.99 Å². The van der Waals surface area contributed by atoms with Crippen LogP contribution in [0.5, 0.6) is 0 Å². The van der Waals surface area contributed by atoms with Crippen LogP contribution in [-0.4, -0.2) is 36.2 Å². The lowest BCUT2D eigenvalue weighted by atomic mass is 10.1. The lowest BCUT2D eigenvalue weighted by Gasteiger charge is -2.24. The quantitative estimate of drug-likeness (QED) is 0.204. The van der Waals surface area contributed by atoms with E-state index in [0.717, 1.165) is 38.2 Å². The van der Waals surface area contributed by atoms with Gasteiger partial charge in [-0.2, -0.15) is 0 Å². The molecule has 1 aliphatic rings. The number of allylic oxidation sites excluding steroid dienone is 2. The molecule has 3 heteroatoms. The van der Waals surface area contributed by atoms with Gasteiger partial charge in [0.2, 0.25) is 5.91 Å². The van der Waals surface area contributed by atoms with Crippen LogP contribution in [0.1, 0.15) is 117 Å². The molecule has 162 valence electrons. The summed E-state index contributed by atoms with van der Waals surface area (Å²) in [5.74, 6) is 0.272.